The molecule has 0 amide bonds. The first kappa shape index (κ1) is 15.3. The first-order chi connectivity index (χ1) is 11.7. The lowest BCUT2D eigenvalue weighted by molar-refractivity contribution is 0.108. The van der Waals surface area contributed by atoms with Crippen molar-refractivity contribution < 1.29 is 4.74 Å². The lowest BCUT2D eigenvalue weighted by atomic mass is 10.1. The number of aromatic nitrogens is 4. The fourth-order valence-electron chi connectivity index (χ4n) is 3.50. The molecule has 0 saturated carbocycles. The summed E-state index contributed by atoms with van der Waals surface area (Å²) >= 11 is 0. The van der Waals surface area contributed by atoms with Crippen molar-refractivity contribution in [2.75, 3.05) is 18.1 Å². The number of aryl methyl sites for hydroxylation is 1. The molecule has 0 aromatic carbocycles. The van der Waals surface area contributed by atoms with Gasteiger partial charge in [0.05, 0.1) is 43.4 Å². The molecule has 4 rings (SSSR count). The number of hydrogen-bond donors (Lipinski definition) is 0. The van der Waals surface area contributed by atoms with Gasteiger partial charge in [0.15, 0.2) is 0 Å². The van der Waals surface area contributed by atoms with Gasteiger partial charge in [-0.3, -0.25) is 9.78 Å². The number of hydrogen-bond acceptors (Lipinski definition) is 6. The van der Waals surface area contributed by atoms with Crippen molar-refractivity contribution >= 4 is 5.82 Å². The average molecular weight is 327 g/mol. The molecule has 0 N–H and O–H groups in total. The van der Waals surface area contributed by atoms with E-state index in [0.717, 1.165) is 48.6 Å². The van der Waals surface area contributed by atoms with Gasteiger partial charge < -0.3 is 9.64 Å². The van der Waals surface area contributed by atoms with Crippen molar-refractivity contribution in [2.24, 2.45) is 0 Å². The van der Waals surface area contributed by atoms with Crippen LogP contribution in [0.25, 0.3) is 0 Å². The summed E-state index contributed by atoms with van der Waals surface area (Å²) in [5.41, 5.74) is 2.76. The summed E-state index contributed by atoms with van der Waals surface area (Å²) < 4.78 is 7.01. The van der Waals surface area contributed by atoms with Crippen LogP contribution in [0.2, 0.25) is 0 Å². The quantitative estimate of drug-likeness (QED) is 0.840. The summed E-state index contributed by atoms with van der Waals surface area (Å²) in [6.07, 6.45) is 6.45. The molecule has 0 radical (unpaired) electrons. The molecule has 1 fully saturated rings. The van der Waals surface area contributed by atoms with Crippen LogP contribution in [-0.4, -0.2) is 38.9 Å². The molecule has 1 saturated heterocycles. The van der Waals surface area contributed by atoms with Crippen LogP contribution in [0.3, 0.4) is 0 Å². The largest absolute Gasteiger partial charge is 0.376 e. The van der Waals surface area contributed by atoms with Gasteiger partial charge in [0.2, 0.25) is 0 Å². The topological polar surface area (TPSA) is 73.1 Å². The van der Waals surface area contributed by atoms with Crippen LogP contribution in [0.5, 0.6) is 0 Å². The van der Waals surface area contributed by atoms with Gasteiger partial charge in [0, 0.05) is 30.8 Å². The maximum atomic E-state index is 12.4. The molecule has 1 unspecified atom stereocenters. The second-order valence-corrected chi connectivity index (χ2v) is 6.45. The van der Waals surface area contributed by atoms with Crippen molar-refractivity contribution in [3.63, 3.8) is 0 Å². The van der Waals surface area contributed by atoms with E-state index in [4.69, 9.17) is 4.74 Å². The van der Waals surface area contributed by atoms with Crippen molar-refractivity contribution in [2.45, 2.75) is 45.4 Å². The van der Waals surface area contributed by atoms with Gasteiger partial charge in [-0.2, -0.15) is 5.10 Å². The van der Waals surface area contributed by atoms with Gasteiger partial charge in [-0.05, 0) is 19.8 Å². The Kier molecular flexibility index (Phi) is 4.02. The highest BCUT2D eigenvalue weighted by Gasteiger charge is 2.27. The second-order valence-electron chi connectivity index (χ2n) is 6.45. The lowest BCUT2D eigenvalue weighted by Crippen LogP contribution is -2.38. The Hall–Kier alpha value is -2.28. The van der Waals surface area contributed by atoms with Crippen LogP contribution in [0.1, 0.15) is 29.8 Å². The first-order valence-corrected chi connectivity index (χ1v) is 8.43. The van der Waals surface area contributed by atoms with Crippen molar-refractivity contribution in [1.29, 1.82) is 0 Å². The highest BCUT2D eigenvalue weighted by Crippen LogP contribution is 2.24. The van der Waals surface area contributed by atoms with Crippen LogP contribution in [-0.2, 0) is 24.3 Å². The van der Waals surface area contributed by atoms with Crippen LogP contribution in [0.4, 0.5) is 5.82 Å². The summed E-state index contributed by atoms with van der Waals surface area (Å²) in [4.78, 5) is 23.4. The number of anilines is 1. The molecule has 0 spiro atoms. The number of rotatable bonds is 3. The summed E-state index contributed by atoms with van der Waals surface area (Å²) in [7, 11) is 0. The fourth-order valence-corrected chi connectivity index (χ4v) is 3.50. The zero-order valence-electron chi connectivity index (χ0n) is 13.8. The average Bonchev–Trinajstić information content (AvgIpc) is 3.04. The van der Waals surface area contributed by atoms with E-state index < -0.39 is 0 Å². The molecule has 2 aromatic heterocycles. The van der Waals surface area contributed by atoms with Crippen LogP contribution in [0.15, 0.2) is 23.3 Å². The van der Waals surface area contributed by atoms with E-state index >= 15 is 0 Å². The van der Waals surface area contributed by atoms with E-state index in [1.807, 2.05) is 6.92 Å². The monoisotopic (exact) mass is 327 g/mol. The third-order valence-corrected chi connectivity index (χ3v) is 4.70. The smallest absolute Gasteiger partial charge is 0.267 e. The van der Waals surface area contributed by atoms with E-state index in [1.165, 1.54) is 0 Å². The molecular formula is C17H21N5O2. The van der Waals surface area contributed by atoms with Gasteiger partial charge in [-0.1, -0.05) is 0 Å². The molecule has 2 aliphatic rings. The summed E-state index contributed by atoms with van der Waals surface area (Å²) in [6.45, 7) is 4.64. The second kappa shape index (κ2) is 6.32. The minimum absolute atomic E-state index is 0.0542. The molecule has 0 bridgehead atoms. The Labute approximate surface area is 140 Å². The highest BCUT2D eigenvalue weighted by atomic mass is 16.5. The zero-order chi connectivity index (χ0) is 16.5. The predicted molar refractivity (Wildman–Crippen MR) is 89.0 cm³/mol. The lowest BCUT2D eigenvalue weighted by Gasteiger charge is -2.26. The van der Waals surface area contributed by atoms with E-state index in [0.29, 0.717) is 19.8 Å². The Morgan fingerprint density at radius 3 is 3.17 bits per heavy atom. The Balaban J connectivity index is 1.59. The minimum Gasteiger partial charge on any atom is -0.376 e. The molecular weight excluding hydrogens is 306 g/mol. The molecule has 7 nitrogen and oxygen atoms in total. The molecule has 1 atom stereocenters. The Morgan fingerprint density at radius 2 is 2.29 bits per heavy atom. The third-order valence-electron chi connectivity index (χ3n) is 4.70. The normalized spacial score (nSPS) is 20.2. The molecule has 0 aliphatic carbocycles. The maximum absolute atomic E-state index is 12.4. The van der Waals surface area contributed by atoms with E-state index in [-0.39, 0.29) is 11.6 Å². The van der Waals surface area contributed by atoms with Crippen molar-refractivity contribution in [3.8, 4) is 0 Å². The van der Waals surface area contributed by atoms with Crippen molar-refractivity contribution in [3.05, 3.63) is 45.8 Å². The number of nitrogens with zero attached hydrogens (tertiary/aromatic N) is 5. The number of ether oxygens (including phenoxy) is 1. The molecule has 24 heavy (non-hydrogen) atoms. The van der Waals surface area contributed by atoms with Crippen LogP contribution in [0, 0.1) is 6.92 Å². The van der Waals surface area contributed by atoms with E-state index in [9.17, 15) is 4.79 Å². The maximum Gasteiger partial charge on any atom is 0.267 e. The molecule has 4 heterocycles. The van der Waals surface area contributed by atoms with Crippen LogP contribution >= 0.6 is 0 Å². The molecule has 2 aromatic rings. The Bertz CT molecular complexity index is 804. The SMILES string of the molecule is Cc1cncc(N2CCCC2Cn2nc3c(cc2=O)COCC3)n1. The van der Waals surface area contributed by atoms with Gasteiger partial charge in [-0.15, -0.1) is 0 Å². The van der Waals surface area contributed by atoms with E-state index in [1.54, 1.807) is 23.1 Å². The van der Waals surface area contributed by atoms with Gasteiger partial charge >= 0.3 is 0 Å². The molecule has 2 aliphatic heterocycles. The Morgan fingerprint density at radius 1 is 1.38 bits per heavy atom. The molecule has 7 heteroatoms. The van der Waals surface area contributed by atoms with Crippen molar-refractivity contribution in [1.82, 2.24) is 19.7 Å². The van der Waals surface area contributed by atoms with Crippen LogP contribution < -0.4 is 10.5 Å². The zero-order valence-corrected chi connectivity index (χ0v) is 13.8. The predicted octanol–water partition coefficient (Wildman–Crippen LogP) is 1.08. The van der Waals surface area contributed by atoms with Gasteiger partial charge in [0.25, 0.3) is 5.56 Å². The van der Waals surface area contributed by atoms with Gasteiger partial charge in [0.1, 0.15) is 5.82 Å². The summed E-state index contributed by atoms with van der Waals surface area (Å²) in [6, 6.07) is 1.90. The third kappa shape index (κ3) is 2.91. The minimum atomic E-state index is -0.0542. The van der Waals surface area contributed by atoms with E-state index in [2.05, 4.69) is 20.0 Å². The highest BCUT2D eigenvalue weighted by molar-refractivity contribution is 5.39. The fraction of sp³-hybridized carbons (Fsp3) is 0.529. The molecule has 126 valence electrons. The number of fused-ring (bicyclic) bond motifs is 1. The standard InChI is InChI=1S/C17H21N5O2/c1-12-8-18-9-16(19-12)21-5-2-3-14(21)10-22-17(23)7-13-11-24-6-4-15(13)20-22/h7-9,14H,2-6,10-11H2,1H3. The first-order valence-electron chi connectivity index (χ1n) is 8.43. The summed E-state index contributed by atoms with van der Waals surface area (Å²) in [5.74, 6) is 0.886. The summed E-state index contributed by atoms with van der Waals surface area (Å²) in [5, 5.41) is 4.58. The van der Waals surface area contributed by atoms with Gasteiger partial charge in [-0.25, -0.2) is 9.67 Å².